The Morgan fingerprint density at radius 2 is 1.96 bits per heavy atom. The zero-order chi connectivity index (χ0) is 16.9. The van der Waals surface area contributed by atoms with Crippen molar-refractivity contribution in [3.63, 3.8) is 0 Å². The highest BCUT2D eigenvalue weighted by atomic mass is 32.2. The van der Waals surface area contributed by atoms with E-state index < -0.39 is 10.0 Å². The number of hydrogen-bond donors (Lipinski definition) is 2. The van der Waals surface area contributed by atoms with Gasteiger partial charge in [-0.15, -0.1) is 0 Å². The number of ether oxygens (including phenoxy) is 2. The monoisotopic (exact) mass is 340 g/mol. The fourth-order valence-corrected chi connectivity index (χ4v) is 2.94. The standard InChI is InChI=1S/C15H20N2O5S/c1-11-9-12-3-4-13(10-14(12)16-15(11)18)17-23(19,20)8-7-22-6-5-21-2/h3-4,9-10,17H,5-8H2,1-2H3,(H,16,18). The Kier molecular flexibility index (Phi) is 5.75. The van der Waals surface area contributed by atoms with E-state index in [0.717, 1.165) is 5.39 Å². The quantitative estimate of drug-likeness (QED) is 0.705. The van der Waals surface area contributed by atoms with Crippen LogP contribution in [0.1, 0.15) is 5.56 Å². The van der Waals surface area contributed by atoms with Gasteiger partial charge in [-0.2, -0.15) is 0 Å². The number of hydrogen-bond acceptors (Lipinski definition) is 5. The molecule has 126 valence electrons. The molecule has 0 aliphatic rings. The molecule has 0 aliphatic heterocycles. The van der Waals surface area contributed by atoms with Crippen LogP contribution in [0.25, 0.3) is 10.9 Å². The van der Waals surface area contributed by atoms with E-state index in [1.807, 2.05) is 0 Å². The van der Waals surface area contributed by atoms with Gasteiger partial charge in [0, 0.05) is 12.7 Å². The normalized spacial score (nSPS) is 11.7. The lowest BCUT2D eigenvalue weighted by atomic mass is 10.1. The number of rotatable bonds is 8. The van der Waals surface area contributed by atoms with Crippen LogP contribution < -0.4 is 10.3 Å². The highest BCUT2D eigenvalue weighted by Crippen LogP contribution is 2.18. The second-order valence-corrected chi connectivity index (χ2v) is 6.95. The molecule has 0 atom stereocenters. The molecule has 0 saturated heterocycles. The van der Waals surface area contributed by atoms with Crippen LogP contribution >= 0.6 is 0 Å². The average Bonchev–Trinajstić information content (AvgIpc) is 2.48. The van der Waals surface area contributed by atoms with Crippen molar-refractivity contribution < 1.29 is 17.9 Å². The van der Waals surface area contributed by atoms with Gasteiger partial charge in [-0.05, 0) is 30.5 Å². The highest BCUT2D eigenvalue weighted by Gasteiger charge is 2.11. The molecule has 1 heterocycles. The fraction of sp³-hybridized carbons (Fsp3) is 0.400. The summed E-state index contributed by atoms with van der Waals surface area (Å²) in [4.78, 5) is 14.4. The smallest absolute Gasteiger partial charge is 0.251 e. The summed E-state index contributed by atoms with van der Waals surface area (Å²) in [6, 6.07) is 6.77. The van der Waals surface area contributed by atoms with E-state index in [-0.39, 0.29) is 17.9 Å². The molecule has 23 heavy (non-hydrogen) atoms. The summed E-state index contributed by atoms with van der Waals surface area (Å²) in [6.07, 6.45) is 0. The van der Waals surface area contributed by atoms with Crippen molar-refractivity contribution in [1.82, 2.24) is 4.98 Å². The number of methoxy groups -OCH3 is 1. The van der Waals surface area contributed by atoms with E-state index in [1.54, 1.807) is 38.3 Å². The molecule has 8 heteroatoms. The van der Waals surface area contributed by atoms with Gasteiger partial charge in [0.15, 0.2) is 0 Å². The molecular weight excluding hydrogens is 320 g/mol. The Morgan fingerprint density at radius 3 is 2.70 bits per heavy atom. The number of anilines is 1. The van der Waals surface area contributed by atoms with Crippen molar-refractivity contribution in [2.24, 2.45) is 0 Å². The van der Waals surface area contributed by atoms with Crippen molar-refractivity contribution in [1.29, 1.82) is 0 Å². The maximum Gasteiger partial charge on any atom is 0.251 e. The number of benzene rings is 1. The summed E-state index contributed by atoms with van der Waals surface area (Å²) in [5.41, 5.74) is 1.40. The summed E-state index contributed by atoms with van der Waals surface area (Å²) in [7, 11) is -1.97. The van der Waals surface area contributed by atoms with Crippen molar-refractivity contribution >= 4 is 26.6 Å². The second kappa shape index (κ2) is 7.58. The predicted molar refractivity (Wildman–Crippen MR) is 89.4 cm³/mol. The van der Waals surface area contributed by atoms with Crippen molar-refractivity contribution in [3.8, 4) is 0 Å². The van der Waals surface area contributed by atoms with E-state index in [1.165, 1.54) is 0 Å². The number of aryl methyl sites for hydroxylation is 1. The molecule has 0 aliphatic carbocycles. The SMILES string of the molecule is COCCOCCS(=O)(=O)Nc1ccc2cc(C)c(=O)[nH]c2c1. The van der Waals surface area contributed by atoms with Gasteiger partial charge >= 0.3 is 0 Å². The number of aromatic amines is 1. The van der Waals surface area contributed by atoms with Crippen LogP contribution in [0.15, 0.2) is 29.1 Å². The maximum atomic E-state index is 12.0. The number of H-pyrrole nitrogens is 1. The van der Waals surface area contributed by atoms with Gasteiger partial charge in [-0.3, -0.25) is 9.52 Å². The lowest BCUT2D eigenvalue weighted by Crippen LogP contribution is -2.21. The third-order valence-corrected chi connectivity index (χ3v) is 4.48. The van der Waals surface area contributed by atoms with Crippen molar-refractivity contribution in [2.75, 3.05) is 37.4 Å². The third-order valence-electron chi connectivity index (χ3n) is 3.23. The molecule has 0 bridgehead atoms. The van der Waals surface area contributed by atoms with Crippen LogP contribution in [-0.4, -0.2) is 46.1 Å². The predicted octanol–water partition coefficient (Wildman–Crippen LogP) is 1.24. The van der Waals surface area contributed by atoms with E-state index in [9.17, 15) is 13.2 Å². The van der Waals surface area contributed by atoms with Gasteiger partial charge in [0.25, 0.3) is 5.56 Å². The lowest BCUT2D eigenvalue weighted by Gasteiger charge is -2.09. The first-order valence-electron chi connectivity index (χ1n) is 7.12. The maximum absolute atomic E-state index is 12.0. The second-order valence-electron chi connectivity index (χ2n) is 5.11. The van der Waals surface area contributed by atoms with Gasteiger partial charge in [0.2, 0.25) is 10.0 Å². The minimum Gasteiger partial charge on any atom is -0.382 e. The Balaban J connectivity index is 2.05. The minimum atomic E-state index is -3.52. The largest absolute Gasteiger partial charge is 0.382 e. The minimum absolute atomic E-state index is 0.0856. The first kappa shape index (κ1) is 17.5. The van der Waals surface area contributed by atoms with E-state index >= 15 is 0 Å². The van der Waals surface area contributed by atoms with Crippen LogP contribution in [-0.2, 0) is 19.5 Å². The molecule has 1 aromatic carbocycles. The number of pyridine rings is 1. The zero-order valence-electron chi connectivity index (χ0n) is 13.1. The Hall–Kier alpha value is -1.90. The summed E-state index contributed by atoms with van der Waals surface area (Å²) in [5, 5.41) is 0.841. The van der Waals surface area contributed by atoms with Crippen LogP contribution in [0.3, 0.4) is 0 Å². The van der Waals surface area contributed by atoms with Crippen LogP contribution in [0.2, 0.25) is 0 Å². The fourth-order valence-electron chi connectivity index (χ4n) is 2.02. The number of nitrogens with one attached hydrogen (secondary N) is 2. The van der Waals surface area contributed by atoms with E-state index in [0.29, 0.717) is 30.0 Å². The van der Waals surface area contributed by atoms with E-state index in [2.05, 4.69) is 9.71 Å². The molecule has 2 aromatic rings. The molecule has 0 spiro atoms. The Morgan fingerprint density at radius 1 is 1.17 bits per heavy atom. The first-order valence-corrected chi connectivity index (χ1v) is 8.77. The molecule has 0 amide bonds. The topological polar surface area (TPSA) is 97.5 Å². The first-order chi connectivity index (χ1) is 10.9. The van der Waals surface area contributed by atoms with Gasteiger partial charge in [-0.25, -0.2) is 8.42 Å². The van der Waals surface area contributed by atoms with Crippen molar-refractivity contribution in [3.05, 3.63) is 40.2 Å². The molecule has 1 aromatic heterocycles. The number of fused-ring (bicyclic) bond motifs is 1. The Labute approximate surface area is 134 Å². The zero-order valence-corrected chi connectivity index (χ0v) is 13.9. The van der Waals surface area contributed by atoms with Crippen LogP contribution in [0.4, 0.5) is 5.69 Å². The number of aromatic nitrogens is 1. The molecule has 0 saturated carbocycles. The molecule has 0 fully saturated rings. The van der Waals surface area contributed by atoms with Crippen LogP contribution in [0.5, 0.6) is 0 Å². The molecule has 2 N–H and O–H groups in total. The third kappa shape index (κ3) is 5.05. The summed E-state index contributed by atoms with van der Waals surface area (Å²) >= 11 is 0. The van der Waals surface area contributed by atoms with Gasteiger partial charge < -0.3 is 14.5 Å². The molecule has 0 unspecified atom stereocenters. The lowest BCUT2D eigenvalue weighted by molar-refractivity contribution is 0.0785. The van der Waals surface area contributed by atoms with Crippen LogP contribution in [0, 0.1) is 6.92 Å². The van der Waals surface area contributed by atoms with Gasteiger partial charge in [-0.1, -0.05) is 6.07 Å². The highest BCUT2D eigenvalue weighted by molar-refractivity contribution is 7.92. The van der Waals surface area contributed by atoms with Gasteiger partial charge in [0.1, 0.15) is 0 Å². The Bertz CT molecular complexity index is 829. The summed E-state index contributed by atoms with van der Waals surface area (Å²) < 4.78 is 36.4. The average molecular weight is 340 g/mol. The van der Waals surface area contributed by atoms with Crippen molar-refractivity contribution in [2.45, 2.75) is 6.92 Å². The van der Waals surface area contributed by atoms with E-state index in [4.69, 9.17) is 9.47 Å². The van der Waals surface area contributed by atoms with Gasteiger partial charge in [0.05, 0.1) is 36.8 Å². The number of sulfonamides is 1. The molecule has 0 radical (unpaired) electrons. The summed E-state index contributed by atoms with van der Waals surface area (Å²) in [5.74, 6) is -0.154. The molecular formula is C15H20N2O5S. The molecule has 2 rings (SSSR count). The molecule has 7 nitrogen and oxygen atoms in total. The summed E-state index contributed by atoms with van der Waals surface area (Å²) in [6.45, 7) is 2.58.